The SMILES string of the molecule is CCn1cnc2c(N3CCCC3C3CCCOC3)nccc21. The Labute approximate surface area is 131 Å². The van der Waals surface area contributed by atoms with Gasteiger partial charge in [0.2, 0.25) is 0 Å². The van der Waals surface area contributed by atoms with Gasteiger partial charge in [0, 0.05) is 37.9 Å². The second-order valence-corrected chi connectivity index (χ2v) is 6.41. The molecule has 2 saturated heterocycles. The second-order valence-electron chi connectivity index (χ2n) is 6.41. The molecule has 2 atom stereocenters. The standard InChI is InChI=1S/C17H24N4O/c1-2-20-12-19-16-15(20)7-8-18-17(16)21-9-3-6-14(21)13-5-4-10-22-11-13/h7-8,12-14H,2-6,9-11H2,1H3. The van der Waals surface area contributed by atoms with E-state index in [0.29, 0.717) is 12.0 Å². The minimum Gasteiger partial charge on any atom is -0.381 e. The first-order valence-corrected chi connectivity index (χ1v) is 8.52. The average molecular weight is 300 g/mol. The van der Waals surface area contributed by atoms with Gasteiger partial charge >= 0.3 is 0 Å². The molecular weight excluding hydrogens is 276 g/mol. The molecule has 0 saturated carbocycles. The van der Waals surface area contributed by atoms with Crippen LogP contribution in [0.5, 0.6) is 0 Å². The zero-order valence-electron chi connectivity index (χ0n) is 13.2. The minimum atomic E-state index is 0.560. The normalized spacial score (nSPS) is 26.0. The first kappa shape index (κ1) is 14.0. The van der Waals surface area contributed by atoms with E-state index in [-0.39, 0.29) is 0 Å². The van der Waals surface area contributed by atoms with Gasteiger partial charge in [-0.15, -0.1) is 0 Å². The molecule has 0 aliphatic carbocycles. The molecule has 5 heteroatoms. The summed E-state index contributed by atoms with van der Waals surface area (Å²) >= 11 is 0. The van der Waals surface area contributed by atoms with Gasteiger partial charge in [-0.2, -0.15) is 0 Å². The molecular formula is C17H24N4O. The molecule has 0 bridgehead atoms. The monoisotopic (exact) mass is 300 g/mol. The maximum Gasteiger partial charge on any atom is 0.157 e. The van der Waals surface area contributed by atoms with Crippen molar-refractivity contribution in [2.45, 2.75) is 45.2 Å². The van der Waals surface area contributed by atoms with Gasteiger partial charge in [-0.3, -0.25) is 0 Å². The van der Waals surface area contributed by atoms with E-state index < -0.39 is 0 Å². The molecule has 118 valence electrons. The number of nitrogens with zero attached hydrogens (tertiary/aromatic N) is 4. The van der Waals surface area contributed by atoms with Gasteiger partial charge in [0.25, 0.3) is 0 Å². The van der Waals surface area contributed by atoms with Crippen LogP contribution in [0.3, 0.4) is 0 Å². The molecule has 4 heterocycles. The van der Waals surface area contributed by atoms with Gasteiger partial charge in [-0.25, -0.2) is 9.97 Å². The van der Waals surface area contributed by atoms with Gasteiger partial charge < -0.3 is 14.2 Å². The summed E-state index contributed by atoms with van der Waals surface area (Å²) in [5.74, 6) is 1.71. The molecule has 2 fully saturated rings. The minimum absolute atomic E-state index is 0.560. The lowest BCUT2D eigenvalue weighted by Crippen LogP contribution is -2.40. The number of rotatable bonds is 3. The molecule has 0 N–H and O–H groups in total. The molecule has 0 aromatic carbocycles. The number of fused-ring (bicyclic) bond motifs is 1. The molecule has 22 heavy (non-hydrogen) atoms. The summed E-state index contributed by atoms with van der Waals surface area (Å²) in [4.78, 5) is 11.8. The van der Waals surface area contributed by atoms with Crippen LogP contribution in [0.2, 0.25) is 0 Å². The highest BCUT2D eigenvalue weighted by molar-refractivity contribution is 5.86. The molecule has 5 nitrogen and oxygen atoms in total. The largest absolute Gasteiger partial charge is 0.381 e. The van der Waals surface area contributed by atoms with Crippen molar-refractivity contribution in [1.29, 1.82) is 0 Å². The third kappa shape index (κ3) is 2.28. The summed E-state index contributed by atoms with van der Waals surface area (Å²) in [5, 5.41) is 0. The van der Waals surface area contributed by atoms with Crippen LogP contribution in [-0.4, -0.2) is 40.3 Å². The third-order valence-corrected chi connectivity index (χ3v) is 5.17. The highest BCUT2D eigenvalue weighted by Gasteiger charge is 2.34. The number of anilines is 1. The van der Waals surface area contributed by atoms with E-state index in [1.54, 1.807) is 0 Å². The fraction of sp³-hybridized carbons (Fsp3) is 0.647. The van der Waals surface area contributed by atoms with Crippen molar-refractivity contribution in [3.63, 3.8) is 0 Å². The predicted molar refractivity (Wildman–Crippen MR) is 87.1 cm³/mol. The number of pyridine rings is 1. The van der Waals surface area contributed by atoms with E-state index in [9.17, 15) is 0 Å². The predicted octanol–water partition coefficient (Wildman–Crippen LogP) is 2.85. The summed E-state index contributed by atoms with van der Waals surface area (Å²) < 4.78 is 7.91. The van der Waals surface area contributed by atoms with E-state index in [2.05, 4.69) is 27.4 Å². The van der Waals surface area contributed by atoms with Gasteiger partial charge in [0.15, 0.2) is 5.82 Å². The maximum absolute atomic E-state index is 5.72. The van der Waals surface area contributed by atoms with Crippen LogP contribution >= 0.6 is 0 Å². The molecule has 2 aliphatic heterocycles. The highest BCUT2D eigenvalue weighted by Crippen LogP contribution is 2.35. The lowest BCUT2D eigenvalue weighted by Gasteiger charge is -2.34. The van der Waals surface area contributed by atoms with Crippen LogP contribution < -0.4 is 4.90 Å². The van der Waals surface area contributed by atoms with Crippen molar-refractivity contribution in [2.75, 3.05) is 24.7 Å². The zero-order chi connectivity index (χ0) is 14.9. The van der Waals surface area contributed by atoms with Crippen molar-refractivity contribution >= 4 is 16.9 Å². The Hall–Kier alpha value is -1.62. The van der Waals surface area contributed by atoms with Crippen molar-refractivity contribution in [2.24, 2.45) is 5.92 Å². The molecule has 4 rings (SSSR count). The number of aromatic nitrogens is 3. The Morgan fingerprint density at radius 3 is 3.05 bits per heavy atom. The molecule has 0 spiro atoms. The Kier molecular flexibility index (Phi) is 3.74. The van der Waals surface area contributed by atoms with E-state index in [1.165, 1.54) is 31.2 Å². The van der Waals surface area contributed by atoms with Crippen molar-refractivity contribution in [1.82, 2.24) is 14.5 Å². The molecule has 0 radical (unpaired) electrons. The van der Waals surface area contributed by atoms with Gasteiger partial charge in [-0.05, 0) is 38.7 Å². The number of aryl methyl sites for hydroxylation is 1. The lowest BCUT2D eigenvalue weighted by molar-refractivity contribution is 0.0454. The van der Waals surface area contributed by atoms with Crippen molar-refractivity contribution in [3.8, 4) is 0 Å². The van der Waals surface area contributed by atoms with Gasteiger partial charge in [-0.1, -0.05) is 0 Å². The summed E-state index contributed by atoms with van der Waals surface area (Å²) in [6.45, 7) is 6.02. The Balaban J connectivity index is 1.69. The van der Waals surface area contributed by atoms with Crippen LogP contribution in [0.1, 0.15) is 32.6 Å². The molecule has 2 aromatic heterocycles. The Morgan fingerprint density at radius 2 is 2.23 bits per heavy atom. The van der Waals surface area contributed by atoms with Crippen LogP contribution in [0.25, 0.3) is 11.0 Å². The summed E-state index contributed by atoms with van der Waals surface area (Å²) in [6.07, 6.45) is 8.83. The van der Waals surface area contributed by atoms with Crippen LogP contribution in [0.15, 0.2) is 18.6 Å². The third-order valence-electron chi connectivity index (χ3n) is 5.17. The average Bonchev–Trinajstić information content (AvgIpc) is 3.22. The second kappa shape index (κ2) is 5.88. The fourth-order valence-corrected chi connectivity index (χ4v) is 4.06. The van der Waals surface area contributed by atoms with E-state index >= 15 is 0 Å². The summed E-state index contributed by atoms with van der Waals surface area (Å²) in [6, 6.07) is 2.63. The smallest absolute Gasteiger partial charge is 0.157 e. The molecule has 2 unspecified atom stereocenters. The zero-order valence-corrected chi connectivity index (χ0v) is 13.2. The van der Waals surface area contributed by atoms with Gasteiger partial charge in [0.1, 0.15) is 5.52 Å². The maximum atomic E-state index is 5.72. The van der Waals surface area contributed by atoms with Crippen molar-refractivity contribution < 1.29 is 4.74 Å². The fourth-order valence-electron chi connectivity index (χ4n) is 4.06. The quantitative estimate of drug-likeness (QED) is 0.874. The van der Waals surface area contributed by atoms with Crippen LogP contribution in [0.4, 0.5) is 5.82 Å². The first-order chi connectivity index (χ1) is 10.9. The number of hydrogen-bond acceptors (Lipinski definition) is 4. The first-order valence-electron chi connectivity index (χ1n) is 8.52. The van der Waals surface area contributed by atoms with E-state index in [1.807, 2.05) is 12.5 Å². The van der Waals surface area contributed by atoms with Gasteiger partial charge in [0.05, 0.1) is 18.5 Å². The number of hydrogen-bond donors (Lipinski definition) is 0. The molecule has 2 aliphatic rings. The van der Waals surface area contributed by atoms with Crippen molar-refractivity contribution in [3.05, 3.63) is 18.6 Å². The molecule has 2 aromatic rings. The van der Waals surface area contributed by atoms with E-state index in [0.717, 1.165) is 37.6 Å². The Morgan fingerprint density at radius 1 is 1.27 bits per heavy atom. The number of ether oxygens (including phenoxy) is 1. The molecule has 0 amide bonds. The summed E-state index contributed by atoms with van der Waals surface area (Å²) in [7, 11) is 0. The topological polar surface area (TPSA) is 43.2 Å². The lowest BCUT2D eigenvalue weighted by atomic mass is 9.92. The Bertz CT molecular complexity index is 647. The highest BCUT2D eigenvalue weighted by atomic mass is 16.5. The van der Waals surface area contributed by atoms with Crippen LogP contribution in [0, 0.1) is 5.92 Å². The summed E-state index contributed by atoms with van der Waals surface area (Å²) in [5.41, 5.74) is 2.24. The number of imidazole rings is 1. The van der Waals surface area contributed by atoms with E-state index in [4.69, 9.17) is 9.72 Å². The van der Waals surface area contributed by atoms with Crippen LogP contribution in [-0.2, 0) is 11.3 Å².